The summed E-state index contributed by atoms with van der Waals surface area (Å²) in [5.41, 5.74) is 5.02. The van der Waals surface area contributed by atoms with E-state index in [0.717, 1.165) is 25.8 Å². The van der Waals surface area contributed by atoms with Crippen LogP contribution in [0, 0.1) is 0 Å². The van der Waals surface area contributed by atoms with Crippen molar-refractivity contribution in [3.63, 3.8) is 0 Å². The number of amides is 1. The predicted molar refractivity (Wildman–Crippen MR) is 43.5 cm³/mol. The fourth-order valence-electron chi connectivity index (χ4n) is 2.04. The van der Waals surface area contributed by atoms with Crippen LogP contribution in [0.25, 0.3) is 0 Å². The van der Waals surface area contributed by atoms with Crippen LogP contribution in [0.2, 0.25) is 0 Å². The number of hydrogen-bond donors (Lipinski definition) is 2. The second-order valence-electron chi connectivity index (χ2n) is 3.56. The fraction of sp³-hybridized carbons (Fsp3) is 0.875. The van der Waals surface area contributed by atoms with E-state index in [2.05, 4.69) is 5.32 Å². The first-order chi connectivity index (χ1) is 5.75. The summed E-state index contributed by atoms with van der Waals surface area (Å²) in [4.78, 5) is 11.0. The van der Waals surface area contributed by atoms with Crippen LogP contribution >= 0.6 is 0 Å². The van der Waals surface area contributed by atoms with Crippen LogP contribution in [0.15, 0.2) is 0 Å². The quantitative estimate of drug-likeness (QED) is 0.551. The Morgan fingerprint density at radius 2 is 2.33 bits per heavy atom. The van der Waals surface area contributed by atoms with E-state index in [1.54, 1.807) is 0 Å². The number of rotatable bonds is 1. The lowest BCUT2D eigenvalue weighted by atomic mass is 9.73. The molecule has 1 aliphatic heterocycles. The molecule has 1 amide bonds. The Bertz CT molecular complexity index is 201. The minimum Gasteiger partial charge on any atom is -0.371 e. The zero-order chi connectivity index (χ0) is 8.60. The van der Waals surface area contributed by atoms with Crippen LogP contribution in [0.4, 0.5) is 0 Å². The summed E-state index contributed by atoms with van der Waals surface area (Å²) in [6.07, 6.45) is 3.08. The third-order valence-corrected chi connectivity index (χ3v) is 2.85. The van der Waals surface area contributed by atoms with Crippen LogP contribution in [0.3, 0.4) is 0 Å². The summed E-state index contributed by atoms with van der Waals surface area (Å²) in [5, 5.41) is 3.11. The monoisotopic (exact) mass is 170 g/mol. The lowest BCUT2D eigenvalue weighted by Crippen LogP contribution is -2.66. The van der Waals surface area contributed by atoms with Gasteiger partial charge in [0.05, 0.1) is 12.2 Å². The summed E-state index contributed by atoms with van der Waals surface area (Å²) in [6.45, 7) is 1.43. The van der Waals surface area contributed by atoms with Gasteiger partial charge in [0.25, 0.3) is 0 Å². The first kappa shape index (κ1) is 8.01. The van der Waals surface area contributed by atoms with Crippen LogP contribution < -0.4 is 11.1 Å². The SMILES string of the molecule is NC(=O)C1NCCOC12CCC2. The summed E-state index contributed by atoms with van der Waals surface area (Å²) in [7, 11) is 0. The molecule has 2 rings (SSSR count). The summed E-state index contributed by atoms with van der Waals surface area (Å²) in [5.74, 6) is -0.283. The van der Waals surface area contributed by atoms with E-state index in [1.165, 1.54) is 0 Å². The summed E-state index contributed by atoms with van der Waals surface area (Å²) < 4.78 is 5.61. The maximum absolute atomic E-state index is 11.0. The maximum atomic E-state index is 11.0. The molecule has 4 nitrogen and oxygen atoms in total. The van der Waals surface area contributed by atoms with Crippen molar-refractivity contribution in [3.05, 3.63) is 0 Å². The molecule has 1 spiro atoms. The lowest BCUT2D eigenvalue weighted by molar-refractivity contribution is -0.159. The third kappa shape index (κ3) is 1.03. The number of carbonyl (C=O) groups is 1. The molecule has 3 N–H and O–H groups in total. The molecular weight excluding hydrogens is 156 g/mol. The van der Waals surface area contributed by atoms with E-state index in [4.69, 9.17) is 10.5 Å². The van der Waals surface area contributed by atoms with Crippen molar-refractivity contribution in [1.29, 1.82) is 0 Å². The van der Waals surface area contributed by atoms with Crippen LogP contribution in [0.5, 0.6) is 0 Å². The molecule has 0 aromatic carbocycles. The summed E-state index contributed by atoms with van der Waals surface area (Å²) in [6, 6.07) is -0.264. The van der Waals surface area contributed by atoms with Crippen molar-refractivity contribution < 1.29 is 9.53 Å². The lowest BCUT2D eigenvalue weighted by Gasteiger charge is -2.49. The molecule has 4 heteroatoms. The molecule has 1 atom stereocenters. The number of nitrogens with one attached hydrogen (secondary N) is 1. The first-order valence-electron chi connectivity index (χ1n) is 4.41. The van der Waals surface area contributed by atoms with Crippen molar-refractivity contribution in [3.8, 4) is 0 Å². The molecule has 1 saturated carbocycles. The molecule has 0 aromatic rings. The first-order valence-corrected chi connectivity index (χ1v) is 4.41. The van der Waals surface area contributed by atoms with Crippen molar-refractivity contribution in [2.45, 2.75) is 30.9 Å². The van der Waals surface area contributed by atoms with Gasteiger partial charge in [0.2, 0.25) is 5.91 Å². The largest absolute Gasteiger partial charge is 0.371 e. The molecular formula is C8H14N2O2. The molecule has 0 bridgehead atoms. The molecule has 1 saturated heterocycles. The Hall–Kier alpha value is -0.610. The highest BCUT2D eigenvalue weighted by Crippen LogP contribution is 2.39. The molecule has 68 valence electrons. The Morgan fingerprint density at radius 3 is 2.75 bits per heavy atom. The van der Waals surface area contributed by atoms with Gasteiger partial charge in [-0.25, -0.2) is 0 Å². The van der Waals surface area contributed by atoms with Gasteiger partial charge < -0.3 is 15.8 Å². The molecule has 2 fully saturated rings. The molecule has 12 heavy (non-hydrogen) atoms. The highest BCUT2D eigenvalue weighted by molar-refractivity contribution is 5.81. The molecule has 1 aliphatic carbocycles. The van der Waals surface area contributed by atoms with E-state index < -0.39 is 0 Å². The minimum atomic E-state index is -0.283. The second-order valence-corrected chi connectivity index (χ2v) is 3.56. The predicted octanol–water partition coefficient (Wildman–Crippen LogP) is -0.617. The zero-order valence-corrected chi connectivity index (χ0v) is 7.01. The number of morpholine rings is 1. The maximum Gasteiger partial charge on any atom is 0.237 e. The molecule has 1 unspecified atom stereocenters. The van der Waals surface area contributed by atoms with Crippen molar-refractivity contribution >= 4 is 5.91 Å². The van der Waals surface area contributed by atoms with E-state index >= 15 is 0 Å². The highest BCUT2D eigenvalue weighted by Gasteiger charge is 2.49. The number of nitrogens with two attached hydrogens (primary N) is 1. The highest BCUT2D eigenvalue weighted by atomic mass is 16.5. The Balaban J connectivity index is 2.11. The number of ether oxygens (including phenoxy) is 1. The van der Waals surface area contributed by atoms with Crippen molar-refractivity contribution in [1.82, 2.24) is 5.32 Å². The fourth-order valence-corrected chi connectivity index (χ4v) is 2.04. The smallest absolute Gasteiger partial charge is 0.237 e. The van der Waals surface area contributed by atoms with Gasteiger partial charge in [0.1, 0.15) is 6.04 Å². The molecule has 0 radical (unpaired) electrons. The van der Waals surface area contributed by atoms with Crippen LogP contribution in [0.1, 0.15) is 19.3 Å². The molecule has 1 heterocycles. The van der Waals surface area contributed by atoms with Gasteiger partial charge in [0, 0.05) is 6.54 Å². The van der Waals surface area contributed by atoms with E-state index in [9.17, 15) is 4.79 Å². The second kappa shape index (κ2) is 2.71. The standard InChI is InChI=1S/C8H14N2O2/c9-7(11)6-8(2-1-3-8)12-5-4-10-6/h6,10H,1-5H2,(H2,9,11). The number of hydrogen-bond acceptors (Lipinski definition) is 3. The average molecular weight is 170 g/mol. The van der Waals surface area contributed by atoms with Crippen molar-refractivity contribution in [2.24, 2.45) is 5.73 Å². The van der Waals surface area contributed by atoms with E-state index in [-0.39, 0.29) is 17.6 Å². The Labute approximate surface area is 71.4 Å². The van der Waals surface area contributed by atoms with Gasteiger partial charge in [-0.05, 0) is 19.3 Å². The number of primary amides is 1. The van der Waals surface area contributed by atoms with Gasteiger partial charge >= 0.3 is 0 Å². The van der Waals surface area contributed by atoms with Crippen LogP contribution in [-0.2, 0) is 9.53 Å². The minimum absolute atomic E-state index is 0.246. The van der Waals surface area contributed by atoms with Gasteiger partial charge in [-0.1, -0.05) is 0 Å². The Morgan fingerprint density at radius 1 is 1.58 bits per heavy atom. The topological polar surface area (TPSA) is 64.4 Å². The van der Waals surface area contributed by atoms with E-state index in [0.29, 0.717) is 6.61 Å². The van der Waals surface area contributed by atoms with E-state index in [1.807, 2.05) is 0 Å². The molecule has 0 aromatic heterocycles. The van der Waals surface area contributed by atoms with Gasteiger partial charge in [-0.3, -0.25) is 4.79 Å². The van der Waals surface area contributed by atoms with Crippen molar-refractivity contribution in [2.75, 3.05) is 13.2 Å². The Kier molecular flexibility index (Phi) is 1.81. The summed E-state index contributed by atoms with van der Waals surface area (Å²) >= 11 is 0. The molecule has 2 aliphatic rings. The van der Waals surface area contributed by atoms with Crippen LogP contribution in [-0.4, -0.2) is 30.7 Å². The zero-order valence-electron chi connectivity index (χ0n) is 7.01. The third-order valence-electron chi connectivity index (χ3n) is 2.85. The van der Waals surface area contributed by atoms with Gasteiger partial charge in [-0.2, -0.15) is 0 Å². The van der Waals surface area contributed by atoms with Gasteiger partial charge in [-0.15, -0.1) is 0 Å². The number of carbonyl (C=O) groups excluding carboxylic acids is 1. The normalized spacial score (nSPS) is 32.8. The average Bonchev–Trinajstić information content (AvgIpc) is 2.01. The van der Waals surface area contributed by atoms with Gasteiger partial charge in [0.15, 0.2) is 0 Å².